The normalized spacial score (nSPS) is 11.3. The lowest BCUT2D eigenvalue weighted by molar-refractivity contribution is -0.141. The van der Waals surface area contributed by atoms with Crippen LogP contribution in [0.5, 0.6) is 0 Å². The molecule has 0 radical (unpaired) electrons. The zero-order chi connectivity index (χ0) is 20.0. The second kappa shape index (κ2) is 8.99. The molecule has 0 spiro atoms. The lowest BCUT2D eigenvalue weighted by Gasteiger charge is -2.28. The van der Waals surface area contributed by atoms with Crippen LogP contribution in [-0.4, -0.2) is 27.5 Å². The molecule has 0 amide bonds. The van der Waals surface area contributed by atoms with Crippen molar-refractivity contribution in [2.45, 2.75) is 38.5 Å². The van der Waals surface area contributed by atoms with E-state index in [2.05, 4.69) is 0 Å². The molecule has 5 nitrogen and oxygen atoms in total. The predicted molar refractivity (Wildman–Crippen MR) is 103 cm³/mol. The van der Waals surface area contributed by atoms with E-state index in [4.69, 9.17) is 4.74 Å². The van der Waals surface area contributed by atoms with Crippen LogP contribution in [0.2, 0.25) is 0 Å². The Kier molecular flexibility index (Phi) is 6.96. The Morgan fingerprint density at radius 2 is 1.56 bits per heavy atom. The summed E-state index contributed by atoms with van der Waals surface area (Å²) in [4.78, 5) is 12.1. The Labute approximate surface area is 159 Å². The summed E-state index contributed by atoms with van der Waals surface area (Å²) in [5.41, 5.74) is 2.11. The number of anilines is 1. The van der Waals surface area contributed by atoms with Crippen LogP contribution in [0.4, 0.5) is 10.1 Å². The van der Waals surface area contributed by atoms with Gasteiger partial charge >= 0.3 is 5.97 Å². The summed E-state index contributed by atoms with van der Waals surface area (Å²) in [6.45, 7) is 5.21. The van der Waals surface area contributed by atoms with Gasteiger partial charge in [-0.2, -0.15) is 0 Å². The van der Waals surface area contributed by atoms with Crippen LogP contribution >= 0.6 is 0 Å². The van der Waals surface area contributed by atoms with Gasteiger partial charge in [0.05, 0.1) is 17.2 Å². The molecular weight excluding hydrogens is 369 g/mol. The molecule has 0 saturated carbocycles. The molecule has 0 aliphatic rings. The quantitative estimate of drug-likeness (QED) is 0.642. The summed E-state index contributed by atoms with van der Waals surface area (Å²) in [6.07, 6.45) is 1.20. The number of esters is 1. The molecule has 0 unspecified atom stereocenters. The Balaban J connectivity index is 2.66. The monoisotopic (exact) mass is 393 g/mol. The molecule has 2 aromatic carbocycles. The van der Waals surface area contributed by atoms with Crippen molar-refractivity contribution in [2.24, 2.45) is 0 Å². The number of halogens is 1. The van der Waals surface area contributed by atoms with Crippen molar-refractivity contribution in [1.29, 1.82) is 0 Å². The van der Waals surface area contributed by atoms with Crippen LogP contribution in [0, 0.1) is 5.82 Å². The molecule has 0 fully saturated rings. The molecule has 0 aromatic heterocycles. The summed E-state index contributed by atoms with van der Waals surface area (Å²) in [5, 5.41) is 0. The summed E-state index contributed by atoms with van der Waals surface area (Å²) >= 11 is 0. The summed E-state index contributed by atoms with van der Waals surface area (Å²) < 4.78 is 46.0. The fourth-order valence-electron chi connectivity index (χ4n) is 2.88. The average Bonchev–Trinajstić information content (AvgIpc) is 2.66. The van der Waals surface area contributed by atoms with Crippen molar-refractivity contribution in [3.63, 3.8) is 0 Å². The van der Waals surface area contributed by atoms with Gasteiger partial charge in [0.25, 0.3) is 10.0 Å². The van der Waals surface area contributed by atoms with Crippen molar-refractivity contribution in [2.75, 3.05) is 17.5 Å². The van der Waals surface area contributed by atoms with Gasteiger partial charge in [0.1, 0.15) is 12.4 Å². The van der Waals surface area contributed by atoms with Gasteiger partial charge in [0, 0.05) is 0 Å². The maximum Gasteiger partial charge on any atom is 0.326 e. The minimum Gasteiger partial charge on any atom is -0.465 e. The number of carbonyl (C=O) groups excluding carboxylic acids is 1. The van der Waals surface area contributed by atoms with E-state index in [0.29, 0.717) is 18.5 Å². The van der Waals surface area contributed by atoms with E-state index in [0.717, 1.165) is 27.6 Å². The first kappa shape index (κ1) is 20.9. The number of aryl methyl sites for hydroxylation is 2. The number of para-hydroxylation sites is 1. The van der Waals surface area contributed by atoms with E-state index in [-0.39, 0.29) is 11.5 Å². The lowest BCUT2D eigenvalue weighted by Crippen LogP contribution is -2.38. The molecule has 2 rings (SSSR count). The minimum absolute atomic E-state index is 0.0823. The molecule has 7 heteroatoms. The van der Waals surface area contributed by atoms with E-state index in [1.807, 2.05) is 32.0 Å². The first-order valence-corrected chi connectivity index (χ1v) is 10.3. The second-order valence-electron chi connectivity index (χ2n) is 5.90. The lowest BCUT2D eigenvalue weighted by atomic mass is 10.0. The molecule has 0 aliphatic carbocycles. The maximum absolute atomic E-state index is 13.3. The topological polar surface area (TPSA) is 63.7 Å². The largest absolute Gasteiger partial charge is 0.465 e. The number of nitrogens with zero attached hydrogens (tertiary/aromatic N) is 1. The number of sulfonamides is 1. The molecule has 0 heterocycles. The SMILES string of the molecule is CCOC(=O)CN(c1c(CC)cccc1CC)S(=O)(=O)c1ccc(F)cc1. The highest BCUT2D eigenvalue weighted by molar-refractivity contribution is 7.92. The average molecular weight is 393 g/mol. The van der Waals surface area contributed by atoms with Crippen molar-refractivity contribution >= 4 is 21.7 Å². The summed E-state index contributed by atoms with van der Waals surface area (Å²) in [6, 6.07) is 10.1. The molecule has 0 bridgehead atoms. The molecule has 27 heavy (non-hydrogen) atoms. The summed E-state index contributed by atoms with van der Waals surface area (Å²) in [7, 11) is -4.08. The Morgan fingerprint density at radius 3 is 2.04 bits per heavy atom. The molecular formula is C20H24FNO4S. The van der Waals surface area contributed by atoms with Crippen LogP contribution in [0.15, 0.2) is 47.4 Å². The number of hydrogen-bond acceptors (Lipinski definition) is 4. The van der Waals surface area contributed by atoms with E-state index in [9.17, 15) is 17.6 Å². The van der Waals surface area contributed by atoms with Gasteiger partial charge in [-0.25, -0.2) is 12.8 Å². The molecule has 146 valence electrons. The third-order valence-corrected chi connectivity index (χ3v) is 5.95. The van der Waals surface area contributed by atoms with E-state index >= 15 is 0 Å². The highest BCUT2D eigenvalue weighted by Gasteiger charge is 2.30. The van der Waals surface area contributed by atoms with Crippen LogP contribution in [0.3, 0.4) is 0 Å². The second-order valence-corrected chi connectivity index (χ2v) is 7.76. The van der Waals surface area contributed by atoms with Gasteiger partial charge < -0.3 is 4.74 Å². The number of carbonyl (C=O) groups is 1. The Hall–Kier alpha value is -2.41. The molecule has 0 aliphatic heterocycles. The number of rotatable bonds is 8. The van der Waals surface area contributed by atoms with Gasteiger partial charge in [-0.3, -0.25) is 9.10 Å². The molecule has 0 atom stereocenters. The maximum atomic E-state index is 13.3. The van der Waals surface area contributed by atoms with Crippen molar-refractivity contribution in [3.8, 4) is 0 Å². The van der Waals surface area contributed by atoms with Gasteiger partial charge in [0.15, 0.2) is 0 Å². The smallest absolute Gasteiger partial charge is 0.326 e. The molecule has 2 aromatic rings. The van der Waals surface area contributed by atoms with Crippen molar-refractivity contribution in [3.05, 3.63) is 59.4 Å². The van der Waals surface area contributed by atoms with Crippen molar-refractivity contribution in [1.82, 2.24) is 0 Å². The van der Waals surface area contributed by atoms with E-state index in [1.165, 1.54) is 12.1 Å². The minimum atomic E-state index is -4.08. The van der Waals surface area contributed by atoms with Crippen molar-refractivity contribution < 1.29 is 22.3 Å². The standard InChI is InChI=1S/C20H24FNO4S/c1-4-15-8-7-9-16(5-2)20(15)22(14-19(23)26-6-3)27(24,25)18-12-10-17(21)11-13-18/h7-13H,4-6,14H2,1-3H3. The Bertz CT molecular complexity index is 872. The number of benzene rings is 2. The van der Waals surface area contributed by atoms with Gasteiger partial charge in [-0.1, -0.05) is 32.0 Å². The van der Waals surface area contributed by atoms with Crippen LogP contribution in [0.1, 0.15) is 31.9 Å². The first-order chi connectivity index (χ1) is 12.8. The highest BCUT2D eigenvalue weighted by Crippen LogP contribution is 2.31. The molecule has 0 saturated heterocycles. The fourth-order valence-corrected chi connectivity index (χ4v) is 4.36. The van der Waals surface area contributed by atoms with Gasteiger partial charge in [0.2, 0.25) is 0 Å². The van der Waals surface area contributed by atoms with E-state index < -0.39 is 28.4 Å². The van der Waals surface area contributed by atoms with Crippen LogP contribution in [-0.2, 0) is 32.4 Å². The zero-order valence-corrected chi connectivity index (χ0v) is 16.6. The van der Waals surface area contributed by atoms with Gasteiger partial charge in [-0.15, -0.1) is 0 Å². The highest BCUT2D eigenvalue weighted by atomic mass is 32.2. The molecule has 0 N–H and O–H groups in total. The Morgan fingerprint density at radius 1 is 1.00 bits per heavy atom. The summed E-state index contributed by atoms with van der Waals surface area (Å²) in [5.74, 6) is -1.18. The zero-order valence-electron chi connectivity index (χ0n) is 15.7. The number of ether oxygens (including phenoxy) is 1. The predicted octanol–water partition coefficient (Wildman–Crippen LogP) is 3.71. The van der Waals surface area contributed by atoms with Gasteiger partial charge in [-0.05, 0) is 55.2 Å². The third kappa shape index (κ3) is 4.66. The number of hydrogen-bond donors (Lipinski definition) is 0. The van der Waals surface area contributed by atoms with Crippen LogP contribution in [0.25, 0.3) is 0 Å². The third-order valence-electron chi connectivity index (χ3n) is 4.19. The first-order valence-electron chi connectivity index (χ1n) is 8.89. The van der Waals surface area contributed by atoms with E-state index in [1.54, 1.807) is 6.92 Å². The fraction of sp³-hybridized carbons (Fsp3) is 0.350. The van der Waals surface area contributed by atoms with Crippen LogP contribution < -0.4 is 4.31 Å².